The summed E-state index contributed by atoms with van der Waals surface area (Å²) in [5, 5.41) is 0. The topological polar surface area (TPSA) is 63.6 Å². The first kappa shape index (κ1) is 7.72. The Balaban J connectivity index is 2.59. The highest BCUT2D eigenvalue weighted by atomic mass is 16.1. The molecule has 0 amide bonds. The molecule has 2 aromatic rings. The summed E-state index contributed by atoms with van der Waals surface area (Å²) in [4.78, 5) is 21.7. The van der Waals surface area contributed by atoms with E-state index in [9.17, 15) is 4.79 Å². The van der Waals surface area contributed by atoms with E-state index in [1.807, 2.05) is 0 Å². The van der Waals surface area contributed by atoms with Crippen LogP contribution in [-0.2, 0) is 0 Å². The smallest absolute Gasteiger partial charge is 0.253 e. The second-order valence-electron chi connectivity index (χ2n) is 2.66. The zero-order chi connectivity index (χ0) is 9.26. The van der Waals surface area contributed by atoms with Crippen LogP contribution >= 0.6 is 0 Å². The quantitative estimate of drug-likeness (QED) is 0.678. The molecule has 0 radical (unpaired) electrons. The fraction of sp³-hybridized carbons (Fsp3) is 0.125. The van der Waals surface area contributed by atoms with Crippen LogP contribution in [0, 0.1) is 6.92 Å². The molecule has 0 unspecified atom stereocenters. The lowest BCUT2D eigenvalue weighted by Crippen LogP contribution is -2.11. The molecule has 13 heavy (non-hydrogen) atoms. The Morgan fingerprint density at radius 1 is 1.54 bits per heavy atom. The van der Waals surface area contributed by atoms with Gasteiger partial charge in [0.2, 0.25) is 0 Å². The van der Waals surface area contributed by atoms with E-state index in [4.69, 9.17) is 0 Å². The molecule has 0 aliphatic rings. The maximum absolute atomic E-state index is 11.1. The van der Waals surface area contributed by atoms with Crippen molar-refractivity contribution < 1.29 is 0 Å². The summed E-state index contributed by atoms with van der Waals surface area (Å²) in [6, 6.07) is 1.43. The van der Waals surface area contributed by atoms with E-state index in [0.717, 1.165) is 0 Å². The third-order valence-electron chi connectivity index (χ3n) is 1.62. The number of nitrogens with zero attached hydrogens (tertiary/aromatic N) is 3. The first-order chi connectivity index (χ1) is 6.25. The van der Waals surface area contributed by atoms with Gasteiger partial charge in [-0.05, 0) is 6.92 Å². The van der Waals surface area contributed by atoms with Crippen molar-refractivity contribution in [3.05, 3.63) is 41.0 Å². The highest BCUT2D eigenvalue weighted by Gasteiger charge is 1.98. The van der Waals surface area contributed by atoms with Crippen LogP contribution < -0.4 is 5.56 Å². The van der Waals surface area contributed by atoms with Crippen LogP contribution in [0.1, 0.15) is 5.82 Å². The number of aryl methyl sites for hydroxylation is 1. The predicted octanol–water partition coefficient (Wildman–Crippen LogP) is 0.264. The molecule has 0 aliphatic carbocycles. The van der Waals surface area contributed by atoms with Crippen LogP contribution in [0.5, 0.6) is 0 Å². The highest BCUT2D eigenvalue weighted by Crippen LogP contribution is 1.98. The van der Waals surface area contributed by atoms with Gasteiger partial charge in [0, 0.05) is 18.5 Å². The molecular weight excluding hydrogens is 168 g/mol. The van der Waals surface area contributed by atoms with E-state index in [1.54, 1.807) is 30.2 Å². The lowest BCUT2D eigenvalue weighted by molar-refractivity contribution is 0.921. The molecule has 0 bridgehead atoms. The second kappa shape index (κ2) is 2.85. The van der Waals surface area contributed by atoms with Gasteiger partial charge >= 0.3 is 0 Å². The van der Waals surface area contributed by atoms with Crippen molar-refractivity contribution in [3.8, 4) is 5.82 Å². The van der Waals surface area contributed by atoms with Crippen LogP contribution in [0.4, 0.5) is 0 Å². The first-order valence-electron chi connectivity index (χ1n) is 3.82. The molecule has 2 heterocycles. The monoisotopic (exact) mass is 176 g/mol. The SMILES string of the molecule is Cc1nc(-n2ccnc2)cc(=O)[nH]1. The van der Waals surface area contributed by atoms with Gasteiger partial charge in [0.1, 0.15) is 18.0 Å². The fourth-order valence-corrected chi connectivity index (χ4v) is 1.09. The van der Waals surface area contributed by atoms with Crippen molar-refractivity contribution in [2.45, 2.75) is 6.92 Å². The third kappa shape index (κ3) is 1.48. The largest absolute Gasteiger partial charge is 0.311 e. The Morgan fingerprint density at radius 2 is 2.38 bits per heavy atom. The van der Waals surface area contributed by atoms with Crippen LogP contribution in [0.2, 0.25) is 0 Å². The minimum absolute atomic E-state index is 0.156. The van der Waals surface area contributed by atoms with Gasteiger partial charge in [0.25, 0.3) is 5.56 Å². The average molecular weight is 176 g/mol. The Bertz CT molecular complexity index is 457. The van der Waals surface area contributed by atoms with Crippen molar-refractivity contribution in [1.82, 2.24) is 19.5 Å². The molecule has 1 N–H and O–H groups in total. The fourth-order valence-electron chi connectivity index (χ4n) is 1.09. The van der Waals surface area contributed by atoms with Crippen LogP contribution in [0.15, 0.2) is 29.6 Å². The average Bonchev–Trinajstić information content (AvgIpc) is 2.53. The van der Waals surface area contributed by atoms with Crippen molar-refractivity contribution in [2.75, 3.05) is 0 Å². The normalized spacial score (nSPS) is 10.2. The summed E-state index contributed by atoms with van der Waals surface area (Å²) in [6.45, 7) is 1.74. The van der Waals surface area contributed by atoms with Gasteiger partial charge < -0.3 is 4.98 Å². The van der Waals surface area contributed by atoms with E-state index in [-0.39, 0.29) is 5.56 Å². The van der Waals surface area contributed by atoms with Crippen molar-refractivity contribution in [2.24, 2.45) is 0 Å². The molecule has 5 nitrogen and oxygen atoms in total. The Labute approximate surface area is 74.1 Å². The Kier molecular flexibility index (Phi) is 1.70. The van der Waals surface area contributed by atoms with Gasteiger partial charge in [-0.2, -0.15) is 0 Å². The third-order valence-corrected chi connectivity index (χ3v) is 1.62. The van der Waals surface area contributed by atoms with Gasteiger partial charge in [0.15, 0.2) is 0 Å². The molecule has 5 heteroatoms. The standard InChI is InChI=1S/C8H8N4O/c1-6-10-7(4-8(13)11-6)12-3-2-9-5-12/h2-5H,1H3,(H,10,11,13). The number of H-pyrrole nitrogens is 1. The summed E-state index contributed by atoms with van der Waals surface area (Å²) in [7, 11) is 0. The number of hydrogen-bond acceptors (Lipinski definition) is 3. The van der Waals surface area contributed by atoms with Gasteiger partial charge in [-0.15, -0.1) is 0 Å². The Hall–Kier alpha value is -1.91. The molecule has 0 fully saturated rings. The van der Waals surface area contributed by atoms with Gasteiger partial charge in [-0.1, -0.05) is 0 Å². The van der Waals surface area contributed by atoms with Crippen molar-refractivity contribution in [1.29, 1.82) is 0 Å². The summed E-state index contributed by atoms with van der Waals surface area (Å²) >= 11 is 0. The molecule has 0 saturated carbocycles. The lowest BCUT2D eigenvalue weighted by Gasteiger charge is -2.00. The van der Waals surface area contributed by atoms with E-state index in [2.05, 4.69) is 15.0 Å². The highest BCUT2D eigenvalue weighted by molar-refractivity contribution is 5.20. The molecule has 0 atom stereocenters. The lowest BCUT2D eigenvalue weighted by atomic mass is 10.5. The van der Waals surface area contributed by atoms with Gasteiger partial charge in [-0.25, -0.2) is 9.97 Å². The maximum atomic E-state index is 11.1. The van der Waals surface area contributed by atoms with E-state index < -0.39 is 0 Å². The molecular formula is C8H8N4O. The molecule has 0 spiro atoms. The zero-order valence-corrected chi connectivity index (χ0v) is 7.06. The van der Waals surface area contributed by atoms with Gasteiger partial charge in [0.05, 0.1) is 0 Å². The molecule has 0 saturated heterocycles. The minimum atomic E-state index is -0.156. The number of hydrogen-bond donors (Lipinski definition) is 1. The van der Waals surface area contributed by atoms with E-state index >= 15 is 0 Å². The van der Waals surface area contributed by atoms with E-state index in [0.29, 0.717) is 11.6 Å². The van der Waals surface area contributed by atoms with Crippen molar-refractivity contribution in [3.63, 3.8) is 0 Å². The minimum Gasteiger partial charge on any atom is -0.311 e. The summed E-state index contributed by atoms with van der Waals surface area (Å²) in [6.07, 6.45) is 4.97. The molecule has 0 aromatic carbocycles. The number of imidazole rings is 1. The molecule has 2 aromatic heterocycles. The zero-order valence-electron chi connectivity index (χ0n) is 7.06. The number of nitrogens with one attached hydrogen (secondary N) is 1. The summed E-state index contributed by atoms with van der Waals surface area (Å²) in [5.74, 6) is 1.18. The molecule has 66 valence electrons. The maximum Gasteiger partial charge on any atom is 0.253 e. The number of aromatic nitrogens is 4. The predicted molar refractivity (Wildman–Crippen MR) is 46.7 cm³/mol. The van der Waals surface area contributed by atoms with Crippen molar-refractivity contribution >= 4 is 0 Å². The van der Waals surface area contributed by atoms with Crippen LogP contribution in [-0.4, -0.2) is 19.5 Å². The molecule has 0 aliphatic heterocycles. The second-order valence-corrected chi connectivity index (χ2v) is 2.66. The van der Waals surface area contributed by atoms with Crippen LogP contribution in [0.25, 0.3) is 5.82 Å². The van der Waals surface area contributed by atoms with E-state index in [1.165, 1.54) is 6.07 Å². The number of rotatable bonds is 1. The first-order valence-corrected chi connectivity index (χ1v) is 3.82. The number of aromatic amines is 1. The summed E-state index contributed by atoms with van der Waals surface area (Å²) < 4.78 is 1.68. The van der Waals surface area contributed by atoms with Crippen LogP contribution in [0.3, 0.4) is 0 Å². The van der Waals surface area contributed by atoms with Gasteiger partial charge in [-0.3, -0.25) is 9.36 Å². The molecule has 2 rings (SSSR count). The Morgan fingerprint density at radius 3 is 3.00 bits per heavy atom. The summed E-state index contributed by atoms with van der Waals surface area (Å²) in [5.41, 5.74) is -0.156.